The zero-order valence-electron chi connectivity index (χ0n) is 13.6. The Balaban J connectivity index is 3.39. The van der Waals surface area contributed by atoms with Crippen LogP contribution in [0.2, 0.25) is 19.6 Å². The van der Waals surface area contributed by atoms with Crippen molar-refractivity contribution in [1.82, 2.24) is 0 Å². The Morgan fingerprint density at radius 3 is 1.95 bits per heavy atom. The molecule has 0 saturated carbocycles. The Kier molecular flexibility index (Phi) is 4.82. The highest BCUT2D eigenvalue weighted by atomic mass is 28.4. The number of carbonyl (C=O) groups excluding carboxylic acids is 1. The van der Waals surface area contributed by atoms with E-state index in [9.17, 15) is 4.79 Å². The Morgan fingerprint density at radius 1 is 1.05 bits per heavy atom. The third-order valence-electron chi connectivity index (χ3n) is 3.72. The van der Waals surface area contributed by atoms with Gasteiger partial charge in [-0.1, -0.05) is 30.3 Å². The lowest BCUT2D eigenvalue weighted by atomic mass is 9.72. The molecule has 1 aromatic carbocycles. The van der Waals surface area contributed by atoms with Gasteiger partial charge in [0.1, 0.15) is 0 Å². The van der Waals surface area contributed by atoms with E-state index >= 15 is 0 Å². The van der Waals surface area contributed by atoms with Crippen LogP contribution >= 0.6 is 0 Å². The van der Waals surface area contributed by atoms with Crippen LogP contribution in [-0.2, 0) is 19.6 Å². The number of methoxy groups -OCH3 is 1. The molecule has 3 nitrogen and oxygen atoms in total. The lowest BCUT2D eigenvalue weighted by molar-refractivity contribution is -0.165. The summed E-state index contributed by atoms with van der Waals surface area (Å²) >= 11 is 0. The summed E-state index contributed by atoms with van der Waals surface area (Å²) in [5, 5.41) is 0. The van der Waals surface area contributed by atoms with Crippen molar-refractivity contribution in [2.75, 3.05) is 7.11 Å². The van der Waals surface area contributed by atoms with Crippen LogP contribution in [0.15, 0.2) is 30.3 Å². The summed E-state index contributed by atoms with van der Waals surface area (Å²) in [4.78, 5) is 12.3. The van der Waals surface area contributed by atoms with E-state index in [0.29, 0.717) is 0 Å². The molecule has 1 unspecified atom stereocenters. The van der Waals surface area contributed by atoms with Gasteiger partial charge < -0.3 is 9.16 Å². The summed E-state index contributed by atoms with van der Waals surface area (Å²) in [6.45, 7) is 12.1. The summed E-state index contributed by atoms with van der Waals surface area (Å²) in [7, 11) is -0.431. The van der Waals surface area contributed by atoms with Gasteiger partial charge in [0.15, 0.2) is 8.32 Å². The number of benzene rings is 1. The molecule has 0 saturated heterocycles. The first-order valence-electron chi connectivity index (χ1n) is 6.89. The fourth-order valence-corrected chi connectivity index (χ4v) is 3.96. The maximum absolute atomic E-state index is 12.3. The van der Waals surface area contributed by atoms with Gasteiger partial charge in [0.25, 0.3) is 0 Å². The lowest BCUT2D eigenvalue weighted by Gasteiger charge is -2.46. The van der Waals surface area contributed by atoms with Gasteiger partial charge in [-0.3, -0.25) is 4.79 Å². The minimum Gasteiger partial charge on any atom is -0.469 e. The minimum atomic E-state index is -1.85. The van der Waals surface area contributed by atoms with E-state index < -0.39 is 19.3 Å². The maximum Gasteiger partial charge on any atom is 0.314 e. The van der Waals surface area contributed by atoms with Gasteiger partial charge in [0.2, 0.25) is 0 Å². The molecule has 0 amide bonds. The molecule has 0 aromatic heterocycles. The van der Waals surface area contributed by atoms with E-state index in [-0.39, 0.29) is 5.97 Å². The van der Waals surface area contributed by atoms with Gasteiger partial charge in [-0.2, -0.15) is 0 Å². The summed E-state index contributed by atoms with van der Waals surface area (Å²) in [5.41, 5.74) is -0.493. The van der Waals surface area contributed by atoms with E-state index in [0.717, 1.165) is 5.56 Å². The fraction of sp³-hybridized carbons (Fsp3) is 0.562. The lowest BCUT2D eigenvalue weighted by Crippen LogP contribution is -2.52. The van der Waals surface area contributed by atoms with Crippen LogP contribution in [0.1, 0.15) is 26.3 Å². The van der Waals surface area contributed by atoms with E-state index in [1.165, 1.54) is 7.11 Å². The molecule has 4 heteroatoms. The van der Waals surface area contributed by atoms with Crippen LogP contribution in [0.5, 0.6) is 0 Å². The van der Waals surface area contributed by atoms with Crippen molar-refractivity contribution in [2.24, 2.45) is 5.41 Å². The zero-order valence-corrected chi connectivity index (χ0v) is 14.6. The molecule has 0 bridgehead atoms. The normalized spacial score (nSPS) is 15.6. The fourth-order valence-electron chi connectivity index (χ4n) is 2.37. The van der Waals surface area contributed by atoms with Crippen molar-refractivity contribution in [2.45, 2.75) is 46.0 Å². The zero-order chi connectivity index (χ0) is 15.6. The highest BCUT2D eigenvalue weighted by Gasteiger charge is 2.51. The Morgan fingerprint density at radius 2 is 1.55 bits per heavy atom. The largest absolute Gasteiger partial charge is 0.469 e. The topological polar surface area (TPSA) is 35.5 Å². The van der Waals surface area contributed by atoms with Gasteiger partial charge in [0, 0.05) is 0 Å². The van der Waals surface area contributed by atoms with Gasteiger partial charge in [-0.15, -0.1) is 0 Å². The predicted molar refractivity (Wildman–Crippen MR) is 84.0 cm³/mol. The standard InChI is InChI=1S/C16H26O3Si/c1-15(2,14(17)18-4)16(3,19-20(5,6)7)13-11-9-8-10-12-13/h8-12H,1-7H3. The molecular weight excluding hydrogens is 268 g/mol. The molecule has 0 aliphatic carbocycles. The molecule has 0 radical (unpaired) electrons. The number of hydrogen-bond acceptors (Lipinski definition) is 3. The Labute approximate surface area is 123 Å². The number of hydrogen-bond donors (Lipinski definition) is 0. The molecule has 1 aromatic rings. The second kappa shape index (κ2) is 5.70. The number of rotatable bonds is 5. The van der Waals surface area contributed by atoms with Crippen LogP contribution < -0.4 is 0 Å². The number of ether oxygens (including phenoxy) is 1. The molecule has 1 rings (SSSR count). The first-order valence-corrected chi connectivity index (χ1v) is 10.3. The van der Waals surface area contributed by atoms with E-state index in [4.69, 9.17) is 9.16 Å². The predicted octanol–water partition coefficient (Wildman–Crippen LogP) is 3.95. The van der Waals surface area contributed by atoms with Crippen LogP contribution in [0, 0.1) is 5.41 Å². The van der Waals surface area contributed by atoms with Crippen molar-refractivity contribution >= 4 is 14.3 Å². The van der Waals surface area contributed by atoms with E-state index in [2.05, 4.69) is 19.6 Å². The number of carbonyl (C=O) groups is 1. The van der Waals surface area contributed by atoms with Crippen LogP contribution in [0.3, 0.4) is 0 Å². The average molecular weight is 294 g/mol. The van der Waals surface area contributed by atoms with Crippen LogP contribution in [-0.4, -0.2) is 21.4 Å². The highest BCUT2D eigenvalue weighted by Crippen LogP contribution is 2.45. The third-order valence-corrected chi connectivity index (χ3v) is 4.74. The molecule has 0 spiro atoms. The molecule has 112 valence electrons. The SMILES string of the molecule is COC(=O)C(C)(C)C(C)(O[Si](C)(C)C)c1ccccc1. The minimum absolute atomic E-state index is 0.262. The molecule has 0 fully saturated rings. The van der Waals surface area contributed by atoms with Gasteiger partial charge in [0.05, 0.1) is 18.1 Å². The van der Waals surface area contributed by atoms with Gasteiger partial charge >= 0.3 is 5.97 Å². The van der Waals surface area contributed by atoms with Gasteiger partial charge in [-0.05, 0) is 46.0 Å². The molecule has 0 heterocycles. The van der Waals surface area contributed by atoms with Crippen molar-refractivity contribution < 1.29 is 14.0 Å². The Bertz CT molecular complexity index is 462. The summed E-state index contributed by atoms with van der Waals surface area (Å²) in [6, 6.07) is 9.91. The molecule has 0 N–H and O–H groups in total. The van der Waals surface area contributed by atoms with Crippen molar-refractivity contribution in [3.8, 4) is 0 Å². The highest BCUT2D eigenvalue weighted by molar-refractivity contribution is 6.69. The van der Waals surface area contributed by atoms with Crippen molar-refractivity contribution in [3.63, 3.8) is 0 Å². The average Bonchev–Trinajstić information content (AvgIpc) is 2.36. The molecular formula is C16H26O3Si. The first-order chi connectivity index (χ1) is 9.04. The molecule has 0 aliphatic heterocycles. The molecule has 20 heavy (non-hydrogen) atoms. The third kappa shape index (κ3) is 3.30. The van der Waals surface area contributed by atoms with Crippen molar-refractivity contribution in [3.05, 3.63) is 35.9 Å². The quantitative estimate of drug-likeness (QED) is 0.609. The summed E-state index contributed by atoms with van der Waals surface area (Å²) in [5.74, 6) is -0.262. The summed E-state index contributed by atoms with van der Waals surface area (Å²) in [6.07, 6.45) is 0. The summed E-state index contributed by atoms with van der Waals surface area (Å²) < 4.78 is 11.4. The number of esters is 1. The first kappa shape index (κ1) is 16.9. The van der Waals surface area contributed by atoms with Gasteiger partial charge in [-0.25, -0.2) is 0 Å². The van der Waals surface area contributed by atoms with Crippen LogP contribution in [0.4, 0.5) is 0 Å². The van der Waals surface area contributed by atoms with E-state index in [1.54, 1.807) is 0 Å². The molecule has 0 aliphatic rings. The second-order valence-electron chi connectivity index (χ2n) is 6.73. The smallest absolute Gasteiger partial charge is 0.314 e. The second-order valence-corrected chi connectivity index (χ2v) is 11.2. The van der Waals surface area contributed by atoms with Crippen LogP contribution in [0.25, 0.3) is 0 Å². The van der Waals surface area contributed by atoms with Crippen molar-refractivity contribution in [1.29, 1.82) is 0 Å². The molecule has 1 atom stereocenters. The monoisotopic (exact) mass is 294 g/mol. The Hall–Kier alpha value is -1.13. The van der Waals surface area contributed by atoms with E-state index in [1.807, 2.05) is 51.1 Å². The maximum atomic E-state index is 12.3.